The highest BCUT2D eigenvalue weighted by molar-refractivity contribution is 9.10. The zero-order valence-electron chi connectivity index (χ0n) is 10.6. The lowest BCUT2D eigenvalue weighted by atomic mass is 10.1. The van der Waals surface area contributed by atoms with Crippen LogP contribution < -0.4 is 5.32 Å². The molecule has 0 aliphatic rings. The van der Waals surface area contributed by atoms with E-state index in [-0.39, 0.29) is 0 Å². The topological polar surface area (TPSA) is 25.2 Å². The van der Waals surface area contributed by atoms with Gasteiger partial charge in [0.1, 0.15) is 5.58 Å². The number of fused-ring (bicyclic) bond motifs is 1. The summed E-state index contributed by atoms with van der Waals surface area (Å²) in [7, 11) is 0. The van der Waals surface area contributed by atoms with E-state index in [9.17, 15) is 0 Å². The first-order valence-corrected chi connectivity index (χ1v) is 6.98. The molecule has 0 saturated heterocycles. The van der Waals surface area contributed by atoms with Crippen LogP contribution in [0.1, 0.15) is 11.1 Å². The van der Waals surface area contributed by atoms with Crippen LogP contribution in [0.15, 0.2) is 57.6 Å². The van der Waals surface area contributed by atoms with Gasteiger partial charge in [0.15, 0.2) is 0 Å². The van der Waals surface area contributed by atoms with E-state index >= 15 is 0 Å². The van der Waals surface area contributed by atoms with Crippen LogP contribution in [0.25, 0.3) is 11.0 Å². The highest BCUT2D eigenvalue weighted by Gasteiger charge is 2.06. The summed E-state index contributed by atoms with van der Waals surface area (Å²) >= 11 is 3.56. The molecule has 96 valence electrons. The first kappa shape index (κ1) is 12.3. The van der Waals surface area contributed by atoms with Crippen LogP contribution in [0.3, 0.4) is 0 Å². The molecule has 2 nitrogen and oxygen atoms in total. The number of hydrogen-bond donors (Lipinski definition) is 1. The van der Waals surface area contributed by atoms with Crippen molar-refractivity contribution in [2.45, 2.75) is 13.5 Å². The normalized spacial score (nSPS) is 10.8. The van der Waals surface area contributed by atoms with E-state index in [1.54, 1.807) is 0 Å². The number of halogens is 1. The van der Waals surface area contributed by atoms with Crippen LogP contribution in [0, 0.1) is 6.92 Å². The highest BCUT2D eigenvalue weighted by atomic mass is 79.9. The van der Waals surface area contributed by atoms with Gasteiger partial charge in [-0.15, -0.1) is 0 Å². The number of benzene rings is 2. The van der Waals surface area contributed by atoms with Crippen LogP contribution in [0.4, 0.5) is 5.69 Å². The van der Waals surface area contributed by atoms with Crippen molar-refractivity contribution >= 4 is 32.6 Å². The minimum Gasteiger partial charge on any atom is -0.464 e. The number of aryl methyl sites for hydroxylation is 1. The average Bonchev–Trinajstić information content (AvgIpc) is 2.83. The third-order valence-corrected chi connectivity index (χ3v) is 3.84. The molecule has 3 heteroatoms. The van der Waals surface area contributed by atoms with Gasteiger partial charge >= 0.3 is 0 Å². The summed E-state index contributed by atoms with van der Waals surface area (Å²) in [6, 6.07) is 14.4. The first-order chi connectivity index (χ1) is 9.24. The van der Waals surface area contributed by atoms with Gasteiger partial charge in [-0.2, -0.15) is 0 Å². The summed E-state index contributed by atoms with van der Waals surface area (Å²) in [6.45, 7) is 2.84. The number of rotatable bonds is 3. The van der Waals surface area contributed by atoms with Crippen LogP contribution in [0.5, 0.6) is 0 Å². The molecule has 0 fully saturated rings. The van der Waals surface area contributed by atoms with Gasteiger partial charge in [0, 0.05) is 27.7 Å². The summed E-state index contributed by atoms with van der Waals surface area (Å²) in [5, 5.41) is 4.61. The van der Waals surface area contributed by atoms with Crippen molar-refractivity contribution in [1.29, 1.82) is 0 Å². The Morgan fingerprint density at radius 3 is 2.89 bits per heavy atom. The van der Waals surface area contributed by atoms with E-state index < -0.39 is 0 Å². The van der Waals surface area contributed by atoms with Crippen molar-refractivity contribution in [1.82, 2.24) is 0 Å². The second kappa shape index (κ2) is 5.10. The lowest BCUT2D eigenvalue weighted by Gasteiger charge is -2.08. The lowest BCUT2D eigenvalue weighted by Crippen LogP contribution is -1.99. The van der Waals surface area contributed by atoms with E-state index in [1.807, 2.05) is 24.5 Å². The average molecular weight is 316 g/mol. The predicted octanol–water partition coefficient (Wildman–Crippen LogP) is 5.12. The van der Waals surface area contributed by atoms with Crippen molar-refractivity contribution in [2.75, 3.05) is 5.32 Å². The van der Waals surface area contributed by atoms with Gasteiger partial charge in [0.05, 0.1) is 6.26 Å². The zero-order valence-corrected chi connectivity index (χ0v) is 12.2. The third-order valence-electron chi connectivity index (χ3n) is 3.15. The Kier molecular flexibility index (Phi) is 3.30. The van der Waals surface area contributed by atoms with E-state index in [1.165, 1.54) is 16.5 Å². The van der Waals surface area contributed by atoms with Gasteiger partial charge < -0.3 is 9.73 Å². The summed E-state index contributed by atoms with van der Waals surface area (Å²) < 4.78 is 6.61. The Labute approximate surface area is 120 Å². The Hall–Kier alpha value is -1.74. The molecular formula is C16H14BrNO. The fourth-order valence-electron chi connectivity index (χ4n) is 2.13. The summed E-state index contributed by atoms with van der Waals surface area (Å²) in [5.41, 5.74) is 4.44. The van der Waals surface area contributed by atoms with Crippen LogP contribution >= 0.6 is 15.9 Å². The highest BCUT2D eigenvalue weighted by Crippen LogP contribution is 2.26. The van der Waals surface area contributed by atoms with E-state index in [4.69, 9.17) is 4.42 Å². The van der Waals surface area contributed by atoms with Crippen LogP contribution in [0.2, 0.25) is 0 Å². The van der Waals surface area contributed by atoms with E-state index in [0.29, 0.717) is 0 Å². The largest absolute Gasteiger partial charge is 0.464 e. The molecule has 3 rings (SSSR count). The molecule has 3 aromatic rings. The molecule has 1 heterocycles. The molecule has 2 aromatic carbocycles. The molecule has 0 saturated carbocycles. The van der Waals surface area contributed by atoms with Crippen LogP contribution in [-0.4, -0.2) is 0 Å². The second-order valence-electron chi connectivity index (χ2n) is 4.59. The van der Waals surface area contributed by atoms with Crippen molar-refractivity contribution in [3.63, 3.8) is 0 Å². The van der Waals surface area contributed by atoms with Gasteiger partial charge in [-0.05, 0) is 46.6 Å². The fourth-order valence-corrected chi connectivity index (χ4v) is 2.52. The van der Waals surface area contributed by atoms with Crippen molar-refractivity contribution in [3.05, 3.63) is 64.3 Å². The molecule has 0 bridgehead atoms. The standard InChI is InChI=1S/C16H14BrNO/c1-11-6-7-14(17)15(8-11)18-9-12-10-19-16-5-3-2-4-13(12)16/h2-8,10,18H,9H2,1H3. The molecule has 0 atom stereocenters. The Morgan fingerprint density at radius 1 is 1.16 bits per heavy atom. The molecule has 0 amide bonds. The molecule has 0 spiro atoms. The van der Waals surface area contributed by atoms with Crippen molar-refractivity contribution in [2.24, 2.45) is 0 Å². The molecule has 0 aliphatic carbocycles. The van der Waals surface area contributed by atoms with Crippen molar-refractivity contribution < 1.29 is 4.42 Å². The maximum Gasteiger partial charge on any atom is 0.134 e. The Morgan fingerprint density at radius 2 is 2.00 bits per heavy atom. The molecule has 0 aliphatic heterocycles. The quantitative estimate of drug-likeness (QED) is 0.726. The SMILES string of the molecule is Cc1ccc(Br)c(NCc2coc3ccccc23)c1. The van der Waals surface area contributed by atoms with Gasteiger partial charge in [0.2, 0.25) is 0 Å². The monoisotopic (exact) mass is 315 g/mol. The molecule has 1 N–H and O–H groups in total. The zero-order chi connectivity index (χ0) is 13.2. The predicted molar refractivity (Wildman–Crippen MR) is 82.4 cm³/mol. The molecule has 1 aromatic heterocycles. The fraction of sp³-hybridized carbons (Fsp3) is 0.125. The second-order valence-corrected chi connectivity index (χ2v) is 5.45. The van der Waals surface area contributed by atoms with Gasteiger partial charge in [-0.3, -0.25) is 0 Å². The smallest absolute Gasteiger partial charge is 0.134 e. The third kappa shape index (κ3) is 2.51. The van der Waals surface area contributed by atoms with E-state index in [0.717, 1.165) is 22.3 Å². The van der Waals surface area contributed by atoms with E-state index in [2.05, 4.69) is 52.4 Å². The van der Waals surface area contributed by atoms with Crippen LogP contribution in [-0.2, 0) is 6.54 Å². The summed E-state index contributed by atoms with van der Waals surface area (Å²) in [6.07, 6.45) is 1.82. The number of furan rings is 1. The number of nitrogens with one attached hydrogen (secondary N) is 1. The molecular weight excluding hydrogens is 302 g/mol. The number of hydrogen-bond acceptors (Lipinski definition) is 2. The minimum atomic E-state index is 0.749. The summed E-state index contributed by atoms with van der Waals surface area (Å²) in [4.78, 5) is 0. The summed E-state index contributed by atoms with van der Waals surface area (Å²) in [5.74, 6) is 0. The molecule has 0 radical (unpaired) electrons. The number of para-hydroxylation sites is 1. The Balaban J connectivity index is 1.84. The lowest BCUT2D eigenvalue weighted by molar-refractivity contribution is 0.611. The van der Waals surface area contributed by atoms with Gasteiger partial charge in [0.25, 0.3) is 0 Å². The molecule has 0 unspecified atom stereocenters. The Bertz CT molecular complexity index is 718. The number of anilines is 1. The van der Waals surface area contributed by atoms with Gasteiger partial charge in [-0.25, -0.2) is 0 Å². The minimum absolute atomic E-state index is 0.749. The maximum absolute atomic E-state index is 5.54. The first-order valence-electron chi connectivity index (χ1n) is 6.19. The van der Waals surface area contributed by atoms with Gasteiger partial charge in [-0.1, -0.05) is 24.3 Å². The maximum atomic E-state index is 5.54. The molecule has 19 heavy (non-hydrogen) atoms. The van der Waals surface area contributed by atoms with Crippen molar-refractivity contribution in [3.8, 4) is 0 Å².